The fourth-order valence-corrected chi connectivity index (χ4v) is 4.14. The summed E-state index contributed by atoms with van der Waals surface area (Å²) in [5, 5.41) is 11.4. The van der Waals surface area contributed by atoms with Crippen LogP contribution in [-0.4, -0.2) is 34.4 Å². The van der Waals surface area contributed by atoms with Crippen LogP contribution in [0.15, 0.2) is 38.9 Å². The number of allylic oxidation sites excluding steroid dienone is 2. The molecule has 2 aliphatic rings. The molecule has 0 bridgehead atoms. The van der Waals surface area contributed by atoms with Crippen molar-refractivity contribution in [3.63, 3.8) is 0 Å². The Morgan fingerprint density at radius 1 is 1.47 bits per heavy atom. The van der Waals surface area contributed by atoms with Crippen LogP contribution in [0.2, 0.25) is 0 Å². The molecular formula is C17H26F4N6O2S. The summed E-state index contributed by atoms with van der Waals surface area (Å²) in [5.74, 6) is -1.05. The summed E-state index contributed by atoms with van der Waals surface area (Å²) in [6.07, 6.45) is -2.83. The predicted octanol–water partition coefficient (Wildman–Crippen LogP) is 2.38. The Kier molecular flexibility index (Phi) is 7.53. The van der Waals surface area contributed by atoms with Crippen molar-refractivity contribution in [3.8, 4) is 0 Å². The van der Waals surface area contributed by atoms with Crippen molar-refractivity contribution in [2.45, 2.75) is 57.1 Å². The van der Waals surface area contributed by atoms with E-state index in [0.29, 0.717) is 19.4 Å². The number of fused-ring (bicyclic) bond motifs is 1. The smallest absolute Gasteiger partial charge is 0.389 e. The Balaban J connectivity index is 2.31. The van der Waals surface area contributed by atoms with Gasteiger partial charge in [-0.2, -0.15) is 13.2 Å². The number of carbonyl (C=O) groups excluding carboxylic acids is 1. The lowest BCUT2D eigenvalue weighted by atomic mass is 9.96. The second-order valence-corrected chi connectivity index (χ2v) is 8.95. The molecule has 0 aromatic carbocycles. The van der Waals surface area contributed by atoms with Gasteiger partial charge in [-0.15, -0.1) is 4.36 Å². The van der Waals surface area contributed by atoms with Gasteiger partial charge in [0.1, 0.15) is 15.7 Å². The summed E-state index contributed by atoms with van der Waals surface area (Å²) in [5.41, 5.74) is 6.58. The zero-order valence-corrected chi connectivity index (χ0v) is 17.4. The van der Waals surface area contributed by atoms with Crippen molar-refractivity contribution in [1.82, 2.24) is 16.0 Å². The van der Waals surface area contributed by atoms with Crippen molar-refractivity contribution in [2.24, 2.45) is 15.2 Å². The van der Waals surface area contributed by atoms with Crippen LogP contribution >= 0.6 is 0 Å². The fourth-order valence-electron chi connectivity index (χ4n) is 3.33. The third-order valence-corrected chi connectivity index (χ3v) is 6.18. The Labute approximate surface area is 172 Å². The first-order chi connectivity index (χ1) is 13.9. The maximum absolute atomic E-state index is 13.9. The van der Waals surface area contributed by atoms with E-state index in [1.807, 2.05) is 0 Å². The van der Waals surface area contributed by atoms with E-state index in [1.54, 1.807) is 6.92 Å². The van der Waals surface area contributed by atoms with Crippen LogP contribution in [0.4, 0.5) is 22.4 Å². The second-order valence-electron chi connectivity index (χ2n) is 7.03. The number of hydrogen-bond donors (Lipinski definition) is 5. The minimum atomic E-state index is -4.44. The molecule has 7 N–H and O–H groups in total. The van der Waals surface area contributed by atoms with Crippen LogP contribution in [0, 0.1) is 0 Å². The molecule has 1 fully saturated rings. The molecule has 0 aromatic rings. The number of nitrogens with one attached hydrogen (secondary N) is 3. The minimum absolute atomic E-state index is 0.0572. The van der Waals surface area contributed by atoms with Crippen molar-refractivity contribution >= 4 is 15.9 Å². The van der Waals surface area contributed by atoms with Gasteiger partial charge in [-0.1, -0.05) is 0 Å². The lowest BCUT2D eigenvalue weighted by Gasteiger charge is -2.30. The van der Waals surface area contributed by atoms with E-state index in [9.17, 15) is 26.6 Å². The summed E-state index contributed by atoms with van der Waals surface area (Å²) >= 11 is 0. The lowest BCUT2D eigenvalue weighted by molar-refractivity contribution is -0.128. The second kappa shape index (κ2) is 9.35. The standard InChI is InChI=1S/C17H26F4N6O2S/c1-3-24-8-11(18)15(22)30(23,29)27-16(28)26-14-9(2)13(7-17(19,20)21)25-12-6-4-5-10(12)14/h8,12,15,24-25H,3-7,22H2,1-2H3,(H3,23,26,27,28,29)/b11-8+. The van der Waals surface area contributed by atoms with Gasteiger partial charge in [-0.3, -0.25) is 0 Å². The molecule has 3 atom stereocenters. The molecule has 170 valence electrons. The number of rotatable bonds is 6. The van der Waals surface area contributed by atoms with Crippen LogP contribution in [0.1, 0.15) is 39.5 Å². The summed E-state index contributed by atoms with van der Waals surface area (Å²) in [7, 11) is -4.00. The minimum Gasteiger partial charge on any atom is -0.389 e. The Morgan fingerprint density at radius 3 is 2.73 bits per heavy atom. The molecule has 1 aliphatic heterocycles. The van der Waals surface area contributed by atoms with Gasteiger partial charge in [0.25, 0.3) is 0 Å². The monoisotopic (exact) mass is 454 g/mol. The molecule has 1 heterocycles. The highest BCUT2D eigenvalue weighted by molar-refractivity contribution is 7.92. The van der Waals surface area contributed by atoms with Gasteiger partial charge in [0.15, 0.2) is 5.37 Å². The van der Waals surface area contributed by atoms with E-state index in [0.717, 1.165) is 18.2 Å². The van der Waals surface area contributed by atoms with Crippen molar-refractivity contribution in [3.05, 3.63) is 34.6 Å². The molecule has 2 rings (SSSR count). The fraction of sp³-hybridized carbons (Fsp3) is 0.588. The molecule has 3 unspecified atom stereocenters. The Morgan fingerprint density at radius 2 is 2.13 bits per heavy atom. The quantitative estimate of drug-likeness (QED) is 0.393. The number of urea groups is 1. The molecule has 0 radical (unpaired) electrons. The molecule has 13 heteroatoms. The van der Waals surface area contributed by atoms with E-state index >= 15 is 0 Å². The number of alkyl halides is 3. The van der Waals surface area contributed by atoms with Crippen molar-refractivity contribution < 1.29 is 26.6 Å². The first kappa shape index (κ1) is 24.2. The van der Waals surface area contributed by atoms with Gasteiger partial charge in [0, 0.05) is 30.2 Å². The maximum atomic E-state index is 13.9. The third-order valence-electron chi connectivity index (χ3n) is 4.77. The van der Waals surface area contributed by atoms with E-state index in [4.69, 9.17) is 10.9 Å². The molecule has 30 heavy (non-hydrogen) atoms. The topological polar surface area (TPSA) is 135 Å². The largest absolute Gasteiger partial charge is 0.394 e. The number of halogens is 4. The van der Waals surface area contributed by atoms with Crippen LogP contribution in [0.3, 0.4) is 0 Å². The van der Waals surface area contributed by atoms with E-state index in [1.165, 1.54) is 6.92 Å². The Bertz CT molecular complexity index is 902. The van der Waals surface area contributed by atoms with E-state index < -0.39 is 39.7 Å². The number of dihydropyridines is 1. The summed E-state index contributed by atoms with van der Waals surface area (Å²) < 4.78 is 68.4. The molecule has 0 saturated heterocycles. The number of hydrogen-bond acceptors (Lipinski definition) is 5. The molecular weight excluding hydrogens is 428 g/mol. The Hall–Kier alpha value is -2.12. The van der Waals surface area contributed by atoms with Gasteiger partial charge in [0.05, 0.1) is 6.42 Å². The number of nitrogens with two attached hydrogens (primary N) is 2. The van der Waals surface area contributed by atoms with Gasteiger partial charge in [0.2, 0.25) is 0 Å². The van der Waals surface area contributed by atoms with Crippen molar-refractivity contribution in [1.29, 1.82) is 0 Å². The molecule has 0 spiro atoms. The third kappa shape index (κ3) is 5.95. The molecule has 8 nitrogen and oxygen atoms in total. The molecule has 2 amide bonds. The highest BCUT2D eigenvalue weighted by Crippen LogP contribution is 2.37. The summed E-state index contributed by atoms with van der Waals surface area (Å²) in [4.78, 5) is 12.3. The molecule has 1 saturated carbocycles. The summed E-state index contributed by atoms with van der Waals surface area (Å²) in [6, 6.07) is -1.51. The highest BCUT2D eigenvalue weighted by atomic mass is 32.2. The van der Waals surface area contributed by atoms with E-state index in [2.05, 4.69) is 20.3 Å². The van der Waals surface area contributed by atoms with Gasteiger partial charge < -0.3 is 21.7 Å². The average Bonchev–Trinajstić information content (AvgIpc) is 3.08. The van der Waals surface area contributed by atoms with Crippen molar-refractivity contribution in [2.75, 3.05) is 6.54 Å². The normalized spacial score (nSPS) is 22.8. The van der Waals surface area contributed by atoms with Gasteiger partial charge in [-0.05, 0) is 44.3 Å². The predicted molar refractivity (Wildman–Crippen MR) is 105 cm³/mol. The number of amides is 2. The first-order valence-corrected chi connectivity index (χ1v) is 11.0. The first-order valence-electron chi connectivity index (χ1n) is 9.31. The zero-order valence-electron chi connectivity index (χ0n) is 16.6. The zero-order chi connectivity index (χ0) is 22.7. The number of nitrogens with zero attached hydrogens (tertiary/aromatic N) is 1. The SMILES string of the molecule is CCN/C=C(/F)C(N)S(N)(=O)=NC(=O)NC1=C2CCCC2NC(CC(F)(F)F)=C1C. The van der Waals surface area contributed by atoms with Crippen LogP contribution in [-0.2, 0) is 9.92 Å². The maximum Gasteiger partial charge on any atom is 0.394 e. The molecule has 1 aliphatic carbocycles. The lowest BCUT2D eigenvalue weighted by Crippen LogP contribution is -2.40. The number of carbonyl (C=O) groups is 1. The van der Waals surface area contributed by atoms with Crippen LogP contribution < -0.4 is 26.8 Å². The van der Waals surface area contributed by atoms with Crippen LogP contribution in [0.25, 0.3) is 0 Å². The summed E-state index contributed by atoms with van der Waals surface area (Å²) in [6.45, 7) is 3.51. The average molecular weight is 454 g/mol. The van der Waals surface area contributed by atoms with E-state index in [-0.39, 0.29) is 23.0 Å². The van der Waals surface area contributed by atoms with Gasteiger partial charge >= 0.3 is 12.2 Å². The van der Waals surface area contributed by atoms with Gasteiger partial charge in [-0.25, -0.2) is 18.5 Å². The highest BCUT2D eigenvalue weighted by Gasteiger charge is 2.36. The molecule has 0 aromatic heterocycles. The van der Waals surface area contributed by atoms with Crippen LogP contribution in [0.5, 0.6) is 0 Å².